The molecule has 0 unspecified atom stereocenters. The van der Waals surface area contributed by atoms with Crippen molar-refractivity contribution in [3.8, 4) is 27.9 Å². The van der Waals surface area contributed by atoms with Crippen LogP contribution in [0.15, 0.2) is 146 Å². The molecule has 0 bridgehead atoms. The van der Waals surface area contributed by atoms with Crippen LogP contribution in [0.1, 0.15) is 51.3 Å². The molecule has 1 radical (unpaired) electrons. The first-order valence-electron chi connectivity index (χ1n) is 21.0. The van der Waals surface area contributed by atoms with Gasteiger partial charge in [-0.1, -0.05) is 131 Å². The summed E-state index contributed by atoms with van der Waals surface area (Å²) in [7, 11) is 2.50. The Morgan fingerprint density at radius 1 is 0.533 bits per heavy atom. The Labute approximate surface area is 358 Å². The Hall–Kier alpha value is -6.14. The SMILES string of the molecule is CC(C)(C)c1ccc(Nc2cc3sc4ccccc4c3cc2-c2ccc3c4cc5sc6ccccc6c5cc4n4c3c2[B]c2cc3c(cc2-4)-c2ccccc2C3(C)C)cc1. The van der Waals surface area contributed by atoms with Gasteiger partial charge in [0.25, 0.3) is 0 Å². The summed E-state index contributed by atoms with van der Waals surface area (Å²) in [6.07, 6.45) is 0. The first-order chi connectivity index (χ1) is 29.1. The second-order valence-corrected chi connectivity index (χ2v) is 20.6. The molecule has 1 aliphatic carbocycles. The highest BCUT2D eigenvalue weighted by molar-refractivity contribution is 7.26. The highest BCUT2D eigenvalue weighted by atomic mass is 32.1. The molecule has 2 aliphatic rings. The van der Waals surface area contributed by atoms with E-state index in [1.807, 2.05) is 22.7 Å². The standard InChI is InChI=1S/C55H40BN2S2/c1-54(2,3)30-18-20-31(21-19-30)57-45-29-51-40(33-13-7-10-16-48(33)60-51)24-38(45)35-22-23-36-39-27-50-41(34-14-8-11-17-49(34)59-50)26-46(39)58-47-25-37-32-12-6-9-15-42(32)55(4,5)43(37)28-44(47)56-52(35)53(36)58/h6-29,57H,1-5H3. The van der Waals surface area contributed by atoms with E-state index >= 15 is 0 Å². The number of aromatic nitrogens is 1. The lowest BCUT2D eigenvalue weighted by Crippen LogP contribution is -2.38. The van der Waals surface area contributed by atoms with E-state index in [0.29, 0.717) is 0 Å². The van der Waals surface area contributed by atoms with Gasteiger partial charge in [-0.05, 0) is 98.9 Å². The van der Waals surface area contributed by atoms with Crippen molar-refractivity contribution >= 4 is 114 Å². The van der Waals surface area contributed by atoms with Crippen LogP contribution in [0.3, 0.4) is 0 Å². The van der Waals surface area contributed by atoms with Crippen molar-refractivity contribution in [2.75, 3.05) is 5.32 Å². The van der Waals surface area contributed by atoms with Gasteiger partial charge in [0, 0.05) is 84.7 Å². The van der Waals surface area contributed by atoms with Gasteiger partial charge in [-0.2, -0.15) is 0 Å². The number of rotatable bonds is 3. The minimum absolute atomic E-state index is 0.0860. The predicted molar refractivity (Wildman–Crippen MR) is 263 cm³/mol. The number of benzene rings is 8. The highest BCUT2D eigenvalue weighted by Gasteiger charge is 2.38. The van der Waals surface area contributed by atoms with Crippen molar-refractivity contribution in [3.63, 3.8) is 0 Å². The zero-order valence-corrected chi connectivity index (χ0v) is 35.8. The monoisotopic (exact) mass is 803 g/mol. The molecule has 0 amide bonds. The van der Waals surface area contributed by atoms with Gasteiger partial charge in [0.15, 0.2) is 7.28 Å². The molecule has 285 valence electrons. The molecule has 3 aromatic heterocycles. The molecule has 1 aliphatic heterocycles. The first kappa shape index (κ1) is 34.7. The van der Waals surface area contributed by atoms with Crippen molar-refractivity contribution in [1.29, 1.82) is 0 Å². The van der Waals surface area contributed by atoms with E-state index in [1.54, 1.807) is 0 Å². The number of thiophene rings is 2. The van der Waals surface area contributed by atoms with E-state index < -0.39 is 0 Å². The number of hydrogen-bond donors (Lipinski definition) is 1. The summed E-state index contributed by atoms with van der Waals surface area (Å²) in [5, 5.41) is 11.8. The van der Waals surface area contributed by atoms with Crippen LogP contribution in [0.2, 0.25) is 0 Å². The Morgan fingerprint density at radius 3 is 1.97 bits per heavy atom. The molecule has 8 aromatic carbocycles. The third kappa shape index (κ3) is 4.76. The van der Waals surface area contributed by atoms with Crippen LogP contribution in [0.4, 0.5) is 11.4 Å². The zero-order chi connectivity index (χ0) is 40.2. The molecule has 0 fully saturated rings. The number of fused-ring (bicyclic) bond motifs is 14. The normalized spacial score (nSPS) is 14.0. The van der Waals surface area contributed by atoms with Crippen LogP contribution in [0.25, 0.3) is 90.1 Å². The van der Waals surface area contributed by atoms with E-state index in [0.717, 1.165) is 11.4 Å². The molecule has 5 heteroatoms. The lowest BCUT2D eigenvalue weighted by atomic mass is 9.58. The van der Waals surface area contributed by atoms with Gasteiger partial charge in [0.2, 0.25) is 0 Å². The van der Waals surface area contributed by atoms with E-state index in [4.69, 9.17) is 0 Å². The maximum absolute atomic E-state index is 3.94. The van der Waals surface area contributed by atoms with Crippen molar-refractivity contribution < 1.29 is 0 Å². The van der Waals surface area contributed by atoms with Gasteiger partial charge in [-0.3, -0.25) is 0 Å². The molecule has 0 spiro atoms. The van der Waals surface area contributed by atoms with Gasteiger partial charge in [0.05, 0.1) is 5.52 Å². The van der Waals surface area contributed by atoms with Gasteiger partial charge in [-0.25, -0.2) is 0 Å². The third-order valence-corrected chi connectivity index (χ3v) is 15.8. The summed E-state index contributed by atoms with van der Waals surface area (Å²) < 4.78 is 7.88. The van der Waals surface area contributed by atoms with Crippen molar-refractivity contribution in [1.82, 2.24) is 4.57 Å². The molecule has 11 aromatic rings. The average molecular weight is 804 g/mol. The number of anilines is 2. The fraction of sp³-hybridized carbons (Fsp3) is 0.127. The summed E-state index contributed by atoms with van der Waals surface area (Å²) in [4.78, 5) is 0. The van der Waals surface area contributed by atoms with Gasteiger partial charge < -0.3 is 9.88 Å². The van der Waals surface area contributed by atoms with E-state index in [1.165, 1.54) is 118 Å². The molecule has 2 nitrogen and oxygen atoms in total. The van der Waals surface area contributed by atoms with Crippen LogP contribution in [-0.2, 0) is 10.8 Å². The summed E-state index contributed by atoms with van der Waals surface area (Å²) >= 11 is 3.77. The van der Waals surface area contributed by atoms with E-state index in [-0.39, 0.29) is 10.8 Å². The van der Waals surface area contributed by atoms with E-state index in [9.17, 15) is 0 Å². The zero-order valence-electron chi connectivity index (χ0n) is 34.2. The van der Waals surface area contributed by atoms with Crippen LogP contribution in [0, 0.1) is 0 Å². The Balaban J connectivity index is 1.11. The van der Waals surface area contributed by atoms with Crippen LogP contribution in [0.5, 0.6) is 0 Å². The van der Waals surface area contributed by atoms with Crippen molar-refractivity contribution in [2.45, 2.75) is 45.4 Å². The van der Waals surface area contributed by atoms with Gasteiger partial charge in [-0.15, -0.1) is 22.7 Å². The largest absolute Gasteiger partial charge is 0.355 e. The molecule has 1 N–H and O–H groups in total. The van der Waals surface area contributed by atoms with Gasteiger partial charge in [0.1, 0.15) is 0 Å². The molecule has 4 heterocycles. The lowest BCUT2D eigenvalue weighted by Gasteiger charge is -2.27. The molecule has 60 heavy (non-hydrogen) atoms. The number of nitrogens with zero attached hydrogens (tertiary/aromatic N) is 1. The molecule has 13 rings (SSSR count). The average Bonchev–Trinajstić information content (AvgIpc) is 3.96. The molecule has 0 saturated heterocycles. The fourth-order valence-electron chi connectivity index (χ4n) is 10.5. The summed E-state index contributed by atoms with van der Waals surface area (Å²) in [6.45, 7) is 11.6. The quantitative estimate of drug-likeness (QED) is 0.176. The highest BCUT2D eigenvalue weighted by Crippen LogP contribution is 2.50. The molecular weight excluding hydrogens is 764 g/mol. The topological polar surface area (TPSA) is 17.0 Å². The van der Waals surface area contributed by atoms with Crippen molar-refractivity contribution in [2.24, 2.45) is 0 Å². The first-order valence-corrected chi connectivity index (χ1v) is 22.6. The smallest absolute Gasteiger partial charge is 0.197 e. The van der Waals surface area contributed by atoms with E-state index in [2.05, 4.69) is 197 Å². The molecular formula is C55H40BN2S2. The predicted octanol–water partition coefficient (Wildman–Crippen LogP) is 14.5. The van der Waals surface area contributed by atoms with Crippen LogP contribution < -0.4 is 16.2 Å². The molecule has 0 saturated carbocycles. The Bertz CT molecular complexity index is 3670. The minimum atomic E-state index is -0.102. The number of nitrogens with one attached hydrogen (secondary N) is 1. The summed E-state index contributed by atoms with van der Waals surface area (Å²) in [6, 6.07) is 55.3. The lowest BCUT2D eigenvalue weighted by molar-refractivity contribution is 0.590. The summed E-state index contributed by atoms with van der Waals surface area (Å²) in [5.74, 6) is 0. The third-order valence-electron chi connectivity index (χ3n) is 13.6. The second-order valence-electron chi connectivity index (χ2n) is 18.4. The maximum atomic E-state index is 3.94. The van der Waals surface area contributed by atoms with Crippen LogP contribution >= 0.6 is 22.7 Å². The number of hydrogen-bond acceptors (Lipinski definition) is 3. The Kier molecular flexibility index (Phi) is 6.94. The second kappa shape index (κ2) is 12.0. The maximum Gasteiger partial charge on any atom is 0.197 e. The van der Waals surface area contributed by atoms with Crippen molar-refractivity contribution in [3.05, 3.63) is 162 Å². The van der Waals surface area contributed by atoms with Gasteiger partial charge >= 0.3 is 0 Å². The Morgan fingerprint density at radius 2 is 1.22 bits per heavy atom. The van der Waals surface area contributed by atoms with Crippen LogP contribution in [-0.4, -0.2) is 11.8 Å². The summed E-state index contributed by atoms with van der Waals surface area (Å²) in [5.41, 5.74) is 17.8. The molecule has 0 atom stereocenters. The fourth-order valence-corrected chi connectivity index (χ4v) is 12.8. The minimum Gasteiger partial charge on any atom is -0.355 e.